The molecular formula is C25H17N3. The van der Waals surface area contributed by atoms with Crippen molar-refractivity contribution in [1.82, 2.24) is 14.5 Å². The van der Waals surface area contributed by atoms with Crippen molar-refractivity contribution in [3.63, 3.8) is 0 Å². The first-order valence-corrected chi connectivity index (χ1v) is 9.41. The van der Waals surface area contributed by atoms with E-state index in [0.29, 0.717) is 0 Å². The summed E-state index contributed by atoms with van der Waals surface area (Å²) < 4.78 is 2.27. The van der Waals surface area contributed by atoms with E-state index < -0.39 is 0 Å². The minimum Gasteiger partial charge on any atom is -0.353 e. The molecule has 0 unspecified atom stereocenters. The van der Waals surface area contributed by atoms with Gasteiger partial charge in [-0.15, -0.1) is 0 Å². The number of benzene rings is 3. The zero-order valence-corrected chi connectivity index (χ0v) is 15.1. The average molecular weight is 359 g/mol. The van der Waals surface area contributed by atoms with E-state index in [2.05, 4.69) is 99.6 Å². The van der Waals surface area contributed by atoms with Crippen LogP contribution in [0.15, 0.2) is 97.3 Å². The fourth-order valence-electron chi connectivity index (χ4n) is 4.15. The van der Waals surface area contributed by atoms with E-state index in [0.717, 1.165) is 27.6 Å². The van der Waals surface area contributed by atoms with Gasteiger partial charge in [0, 0.05) is 34.4 Å². The van der Waals surface area contributed by atoms with Gasteiger partial charge in [-0.3, -0.25) is 4.98 Å². The van der Waals surface area contributed by atoms with Crippen molar-refractivity contribution >= 4 is 32.8 Å². The second kappa shape index (κ2) is 5.83. The molecular weight excluding hydrogens is 342 g/mol. The molecule has 3 nitrogen and oxygen atoms in total. The van der Waals surface area contributed by atoms with E-state index in [9.17, 15) is 0 Å². The number of rotatable bonds is 2. The topological polar surface area (TPSA) is 33.6 Å². The van der Waals surface area contributed by atoms with Crippen LogP contribution in [0.2, 0.25) is 0 Å². The fraction of sp³-hybridized carbons (Fsp3) is 0. The van der Waals surface area contributed by atoms with Gasteiger partial charge in [-0.1, -0.05) is 48.5 Å². The Morgan fingerprint density at radius 2 is 1.54 bits per heavy atom. The summed E-state index contributed by atoms with van der Waals surface area (Å²) in [6.07, 6.45) is 4.10. The van der Waals surface area contributed by atoms with Crippen LogP contribution in [0, 0.1) is 0 Å². The monoisotopic (exact) mass is 359 g/mol. The van der Waals surface area contributed by atoms with Crippen molar-refractivity contribution in [3.05, 3.63) is 97.3 Å². The van der Waals surface area contributed by atoms with Crippen LogP contribution in [0.4, 0.5) is 0 Å². The zero-order valence-electron chi connectivity index (χ0n) is 15.1. The van der Waals surface area contributed by atoms with Crippen LogP contribution in [-0.4, -0.2) is 14.5 Å². The Morgan fingerprint density at radius 3 is 2.36 bits per heavy atom. The van der Waals surface area contributed by atoms with Crippen LogP contribution >= 0.6 is 0 Å². The van der Waals surface area contributed by atoms with Crippen molar-refractivity contribution < 1.29 is 0 Å². The maximum Gasteiger partial charge on any atom is 0.0957 e. The first kappa shape index (κ1) is 15.2. The van der Waals surface area contributed by atoms with Gasteiger partial charge >= 0.3 is 0 Å². The molecule has 132 valence electrons. The largest absolute Gasteiger partial charge is 0.353 e. The predicted octanol–water partition coefficient (Wildman–Crippen LogP) is 6.33. The molecule has 3 heteroatoms. The number of nitrogens with one attached hydrogen (secondary N) is 1. The van der Waals surface area contributed by atoms with Crippen LogP contribution in [0.1, 0.15) is 0 Å². The molecule has 0 radical (unpaired) electrons. The molecule has 1 N–H and O–H groups in total. The SMILES string of the molecule is c1ccc(-c2cn(-c3ccccc3)c3ccc4c5ncccc5[nH]c4c23)cc1. The van der Waals surface area contributed by atoms with Crippen LogP contribution in [0.5, 0.6) is 0 Å². The Hall–Kier alpha value is -3.85. The summed E-state index contributed by atoms with van der Waals surface area (Å²) in [5.41, 5.74) is 7.99. The molecule has 0 saturated carbocycles. The number of pyridine rings is 1. The van der Waals surface area contributed by atoms with E-state index in [1.54, 1.807) is 0 Å². The van der Waals surface area contributed by atoms with Gasteiger partial charge in [0.2, 0.25) is 0 Å². The van der Waals surface area contributed by atoms with Gasteiger partial charge in [0.05, 0.1) is 22.1 Å². The lowest BCUT2D eigenvalue weighted by Gasteiger charge is -2.05. The highest BCUT2D eigenvalue weighted by molar-refractivity contribution is 6.19. The van der Waals surface area contributed by atoms with Gasteiger partial charge in [0.25, 0.3) is 0 Å². The number of aromatic nitrogens is 3. The second-order valence-corrected chi connectivity index (χ2v) is 7.02. The highest BCUT2D eigenvalue weighted by Gasteiger charge is 2.17. The Kier molecular flexibility index (Phi) is 3.17. The Balaban J connectivity index is 1.80. The quantitative estimate of drug-likeness (QED) is 0.385. The van der Waals surface area contributed by atoms with Gasteiger partial charge in [0.1, 0.15) is 0 Å². The van der Waals surface area contributed by atoms with Gasteiger partial charge in [0.15, 0.2) is 0 Å². The molecule has 0 amide bonds. The predicted molar refractivity (Wildman–Crippen MR) is 116 cm³/mol. The van der Waals surface area contributed by atoms with Gasteiger partial charge < -0.3 is 9.55 Å². The summed E-state index contributed by atoms with van der Waals surface area (Å²) in [6, 6.07) is 29.5. The van der Waals surface area contributed by atoms with Gasteiger partial charge in [-0.05, 0) is 42.0 Å². The standard InChI is InChI=1S/C25H17N3/c1-3-8-17(9-4-1)20-16-28(18-10-5-2-6-11-18)22-14-13-19-24-21(12-7-15-26-24)27-25(19)23(20)22/h1-16,27H. The molecule has 3 aromatic heterocycles. The average Bonchev–Trinajstić information content (AvgIpc) is 3.34. The maximum absolute atomic E-state index is 4.61. The van der Waals surface area contributed by atoms with E-state index in [4.69, 9.17) is 0 Å². The number of fused-ring (bicyclic) bond motifs is 5. The summed E-state index contributed by atoms with van der Waals surface area (Å²) in [4.78, 5) is 8.23. The summed E-state index contributed by atoms with van der Waals surface area (Å²) >= 11 is 0. The molecule has 0 spiro atoms. The molecule has 0 fully saturated rings. The third kappa shape index (κ3) is 2.13. The third-order valence-electron chi connectivity index (χ3n) is 5.41. The minimum atomic E-state index is 1.02. The molecule has 0 aliphatic carbocycles. The zero-order chi connectivity index (χ0) is 18.5. The maximum atomic E-state index is 4.61. The fourth-order valence-corrected chi connectivity index (χ4v) is 4.15. The van der Waals surface area contributed by atoms with Crippen LogP contribution in [-0.2, 0) is 0 Å². The molecule has 0 saturated heterocycles. The van der Waals surface area contributed by atoms with Crippen molar-refractivity contribution in [2.24, 2.45) is 0 Å². The van der Waals surface area contributed by atoms with E-state index in [1.807, 2.05) is 12.3 Å². The molecule has 0 aliphatic rings. The lowest BCUT2D eigenvalue weighted by molar-refractivity contribution is 1.13. The number of H-pyrrole nitrogens is 1. The molecule has 0 atom stereocenters. The van der Waals surface area contributed by atoms with Crippen LogP contribution in [0.25, 0.3) is 49.7 Å². The third-order valence-corrected chi connectivity index (χ3v) is 5.41. The van der Waals surface area contributed by atoms with Crippen LogP contribution in [0.3, 0.4) is 0 Å². The van der Waals surface area contributed by atoms with Crippen molar-refractivity contribution in [3.8, 4) is 16.8 Å². The number of hydrogen-bond acceptors (Lipinski definition) is 1. The van der Waals surface area contributed by atoms with Crippen molar-refractivity contribution in [2.75, 3.05) is 0 Å². The summed E-state index contributed by atoms with van der Waals surface area (Å²) in [7, 11) is 0. The van der Waals surface area contributed by atoms with E-state index in [-0.39, 0.29) is 0 Å². The number of hydrogen-bond donors (Lipinski definition) is 1. The van der Waals surface area contributed by atoms with Gasteiger partial charge in [-0.2, -0.15) is 0 Å². The Morgan fingerprint density at radius 1 is 0.750 bits per heavy atom. The molecule has 28 heavy (non-hydrogen) atoms. The number of para-hydroxylation sites is 1. The first-order valence-electron chi connectivity index (χ1n) is 9.41. The lowest BCUT2D eigenvalue weighted by atomic mass is 10.0. The molecule has 6 aromatic rings. The summed E-state index contributed by atoms with van der Waals surface area (Å²) in [5, 5.41) is 2.39. The first-order chi connectivity index (χ1) is 13.9. The van der Waals surface area contributed by atoms with Crippen molar-refractivity contribution in [2.45, 2.75) is 0 Å². The number of nitrogens with zero attached hydrogens (tertiary/aromatic N) is 2. The highest BCUT2D eigenvalue weighted by atomic mass is 15.0. The Bertz CT molecular complexity index is 1440. The Labute approximate surface area is 161 Å². The highest BCUT2D eigenvalue weighted by Crippen LogP contribution is 2.38. The molecule has 6 rings (SSSR count). The van der Waals surface area contributed by atoms with Gasteiger partial charge in [-0.25, -0.2) is 0 Å². The smallest absolute Gasteiger partial charge is 0.0957 e. The normalized spacial score (nSPS) is 11.6. The molecule has 0 aliphatic heterocycles. The second-order valence-electron chi connectivity index (χ2n) is 7.02. The van der Waals surface area contributed by atoms with E-state index >= 15 is 0 Å². The lowest BCUT2D eigenvalue weighted by Crippen LogP contribution is -1.90. The molecule has 3 aromatic carbocycles. The van der Waals surface area contributed by atoms with E-state index in [1.165, 1.54) is 22.0 Å². The number of aromatic amines is 1. The van der Waals surface area contributed by atoms with Crippen LogP contribution < -0.4 is 0 Å². The minimum absolute atomic E-state index is 1.02. The van der Waals surface area contributed by atoms with Crippen molar-refractivity contribution in [1.29, 1.82) is 0 Å². The molecule has 3 heterocycles. The summed E-state index contributed by atoms with van der Waals surface area (Å²) in [6.45, 7) is 0. The molecule has 0 bridgehead atoms. The summed E-state index contributed by atoms with van der Waals surface area (Å²) in [5.74, 6) is 0.